The Hall–Kier alpha value is -3.09. The lowest BCUT2D eigenvalue weighted by Gasteiger charge is -2.05. The number of hydrogen-bond acceptors (Lipinski definition) is 6. The summed E-state index contributed by atoms with van der Waals surface area (Å²) < 4.78 is 16.0. The van der Waals surface area contributed by atoms with Crippen LogP contribution in [0, 0.1) is 10.1 Å². The van der Waals surface area contributed by atoms with E-state index in [-0.39, 0.29) is 5.69 Å². The van der Waals surface area contributed by atoms with Crippen molar-refractivity contribution in [2.75, 3.05) is 14.2 Å². The number of hydrogen-bond donors (Lipinski definition) is 0. The first-order valence-corrected chi connectivity index (χ1v) is 6.39. The zero-order valence-corrected chi connectivity index (χ0v) is 11.9. The normalized spacial score (nSPS) is 10.6. The molecular weight excluding hydrogens is 288 g/mol. The molecular formula is C15H12N2O5. The number of aromatic nitrogens is 1. The third-order valence-electron chi connectivity index (χ3n) is 3.18. The molecule has 0 aliphatic carbocycles. The van der Waals surface area contributed by atoms with E-state index in [1.165, 1.54) is 12.1 Å². The number of benzene rings is 2. The van der Waals surface area contributed by atoms with Gasteiger partial charge in [-0.25, -0.2) is 4.98 Å². The SMILES string of the molecule is COc1cc(OC)cc(-c2nc3ccc([N+](=O)[O-])cc3o2)c1. The Morgan fingerprint density at radius 3 is 2.36 bits per heavy atom. The first-order valence-electron chi connectivity index (χ1n) is 6.39. The summed E-state index contributed by atoms with van der Waals surface area (Å²) in [4.78, 5) is 14.7. The molecule has 0 saturated heterocycles. The van der Waals surface area contributed by atoms with E-state index in [4.69, 9.17) is 13.9 Å². The molecule has 0 fully saturated rings. The minimum absolute atomic E-state index is 0.0431. The molecule has 0 amide bonds. The van der Waals surface area contributed by atoms with Crippen LogP contribution in [0.2, 0.25) is 0 Å². The molecule has 0 aliphatic heterocycles. The lowest BCUT2D eigenvalue weighted by molar-refractivity contribution is -0.384. The highest BCUT2D eigenvalue weighted by molar-refractivity contribution is 5.78. The maximum absolute atomic E-state index is 10.8. The summed E-state index contributed by atoms with van der Waals surface area (Å²) >= 11 is 0. The van der Waals surface area contributed by atoms with Gasteiger partial charge in [-0.2, -0.15) is 0 Å². The molecule has 7 heteroatoms. The molecule has 0 saturated carbocycles. The molecule has 3 aromatic rings. The number of nitro benzene ring substituents is 1. The molecule has 0 radical (unpaired) electrons. The van der Waals surface area contributed by atoms with Crippen LogP contribution in [0.1, 0.15) is 0 Å². The molecule has 0 atom stereocenters. The smallest absolute Gasteiger partial charge is 0.273 e. The summed E-state index contributed by atoms with van der Waals surface area (Å²) in [5.41, 5.74) is 1.52. The fourth-order valence-corrected chi connectivity index (χ4v) is 2.08. The molecule has 0 aliphatic rings. The van der Waals surface area contributed by atoms with E-state index in [9.17, 15) is 10.1 Å². The summed E-state index contributed by atoms with van der Waals surface area (Å²) in [6.45, 7) is 0. The van der Waals surface area contributed by atoms with Gasteiger partial charge in [-0.1, -0.05) is 0 Å². The topological polar surface area (TPSA) is 87.6 Å². The molecule has 0 bridgehead atoms. The van der Waals surface area contributed by atoms with Crippen LogP contribution >= 0.6 is 0 Å². The fraction of sp³-hybridized carbons (Fsp3) is 0.133. The van der Waals surface area contributed by atoms with Crippen molar-refractivity contribution >= 4 is 16.8 Å². The van der Waals surface area contributed by atoms with Gasteiger partial charge in [0.25, 0.3) is 5.69 Å². The molecule has 0 N–H and O–H groups in total. The summed E-state index contributed by atoms with van der Waals surface area (Å²) in [5, 5.41) is 10.8. The van der Waals surface area contributed by atoms with Crippen molar-refractivity contribution in [3.05, 3.63) is 46.5 Å². The third-order valence-corrected chi connectivity index (χ3v) is 3.18. The van der Waals surface area contributed by atoms with Crippen LogP contribution in [-0.4, -0.2) is 24.1 Å². The van der Waals surface area contributed by atoms with Crippen LogP contribution in [-0.2, 0) is 0 Å². The quantitative estimate of drug-likeness (QED) is 0.542. The van der Waals surface area contributed by atoms with Gasteiger partial charge in [0, 0.05) is 17.7 Å². The van der Waals surface area contributed by atoms with E-state index in [0.717, 1.165) is 0 Å². The zero-order chi connectivity index (χ0) is 15.7. The highest BCUT2D eigenvalue weighted by Crippen LogP contribution is 2.32. The van der Waals surface area contributed by atoms with Crippen LogP contribution < -0.4 is 9.47 Å². The Morgan fingerprint density at radius 2 is 1.77 bits per heavy atom. The second kappa shape index (κ2) is 5.36. The van der Waals surface area contributed by atoms with Gasteiger partial charge in [-0.15, -0.1) is 0 Å². The van der Waals surface area contributed by atoms with Gasteiger partial charge in [-0.05, 0) is 18.2 Å². The number of non-ortho nitro benzene ring substituents is 1. The van der Waals surface area contributed by atoms with E-state index in [0.29, 0.717) is 34.1 Å². The van der Waals surface area contributed by atoms with Crippen LogP contribution in [0.15, 0.2) is 40.8 Å². The summed E-state index contributed by atoms with van der Waals surface area (Å²) in [7, 11) is 3.10. The van der Waals surface area contributed by atoms with Gasteiger partial charge >= 0.3 is 0 Å². The second-order valence-electron chi connectivity index (χ2n) is 4.53. The molecule has 2 aromatic carbocycles. The average Bonchev–Trinajstić information content (AvgIpc) is 2.97. The van der Waals surface area contributed by atoms with Crippen LogP contribution in [0.4, 0.5) is 5.69 Å². The third kappa shape index (κ3) is 2.44. The largest absolute Gasteiger partial charge is 0.497 e. The molecule has 0 unspecified atom stereocenters. The van der Waals surface area contributed by atoms with Crippen LogP contribution in [0.25, 0.3) is 22.6 Å². The van der Waals surface area contributed by atoms with Crippen molar-refractivity contribution in [1.82, 2.24) is 4.98 Å². The Bertz CT molecular complexity index is 834. The van der Waals surface area contributed by atoms with E-state index < -0.39 is 4.92 Å². The predicted molar refractivity (Wildman–Crippen MR) is 79.2 cm³/mol. The van der Waals surface area contributed by atoms with Crippen molar-refractivity contribution in [3.8, 4) is 23.0 Å². The summed E-state index contributed by atoms with van der Waals surface area (Å²) in [6, 6.07) is 9.53. The molecule has 0 spiro atoms. The minimum Gasteiger partial charge on any atom is -0.497 e. The number of fused-ring (bicyclic) bond motifs is 1. The fourth-order valence-electron chi connectivity index (χ4n) is 2.08. The van der Waals surface area contributed by atoms with Gasteiger partial charge in [0.2, 0.25) is 5.89 Å². The summed E-state index contributed by atoms with van der Waals surface area (Å²) in [5.74, 6) is 1.54. The maximum Gasteiger partial charge on any atom is 0.273 e. The zero-order valence-electron chi connectivity index (χ0n) is 11.9. The molecule has 7 nitrogen and oxygen atoms in total. The lowest BCUT2D eigenvalue weighted by atomic mass is 10.2. The number of rotatable bonds is 4. The molecule has 112 valence electrons. The standard InChI is InChI=1S/C15H12N2O5/c1-20-11-5-9(6-12(8-11)21-2)15-16-13-4-3-10(17(18)19)7-14(13)22-15/h3-8H,1-2H3. The molecule has 22 heavy (non-hydrogen) atoms. The van der Waals surface area contributed by atoms with Gasteiger partial charge < -0.3 is 13.9 Å². The number of nitrogens with zero attached hydrogens (tertiary/aromatic N) is 2. The number of oxazole rings is 1. The average molecular weight is 300 g/mol. The predicted octanol–water partition coefficient (Wildman–Crippen LogP) is 3.42. The first-order chi connectivity index (χ1) is 10.6. The summed E-state index contributed by atoms with van der Waals surface area (Å²) in [6.07, 6.45) is 0. The van der Waals surface area contributed by atoms with E-state index in [2.05, 4.69) is 4.98 Å². The Labute approximate surface area is 125 Å². The van der Waals surface area contributed by atoms with Crippen molar-refractivity contribution < 1.29 is 18.8 Å². The number of nitro groups is 1. The van der Waals surface area contributed by atoms with Gasteiger partial charge in [0.1, 0.15) is 17.0 Å². The van der Waals surface area contributed by atoms with Crippen molar-refractivity contribution in [2.24, 2.45) is 0 Å². The lowest BCUT2D eigenvalue weighted by Crippen LogP contribution is -1.88. The number of methoxy groups -OCH3 is 2. The van der Waals surface area contributed by atoms with E-state index in [1.807, 2.05) is 0 Å². The molecule has 1 aromatic heterocycles. The van der Waals surface area contributed by atoms with Crippen molar-refractivity contribution in [1.29, 1.82) is 0 Å². The van der Waals surface area contributed by atoms with Crippen LogP contribution in [0.3, 0.4) is 0 Å². The minimum atomic E-state index is -0.476. The van der Waals surface area contributed by atoms with Gasteiger partial charge in [0.05, 0.1) is 25.2 Å². The van der Waals surface area contributed by atoms with E-state index >= 15 is 0 Å². The highest BCUT2D eigenvalue weighted by atomic mass is 16.6. The highest BCUT2D eigenvalue weighted by Gasteiger charge is 2.14. The number of ether oxygens (including phenoxy) is 2. The Morgan fingerprint density at radius 1 is 1.09 bits per heavy atom. The van der Waals surface area contributed by atoms with Crippen molar-refractivity contribution in [2.45, 2.75) is 0 Å². The van der Waals surface area contributed by atoms with E-state index in [1.54, 1.807) is 38.5 Å². The monoisotopic (exact) mass is 300 g/mol. The Kier molecular flexibility index (Phi) is 3.38. The van der Waals surface area contributed by atoms with Gasteiger partial charge in [0.15, 0.2) is 5.58 Å². The first kappa shape index (κ1) is 13.9. The second-order valence-corrected chi connectivity index (χ2v) is 4.53. The van der Waals surface area contributed by atoms with Gasteiger partial charge in [-0.3, -0.25) is 10.1 Å². The Balaban J connectivity index is 2.11. The molecule has 3 rings (SSSR count). The molecule has 1 heterocycles. The maximum atomic E-state index is 10.8. The van der Waals surface area contributed by atoms with Crippen molar-refractivity contribution in [3.63, 3.8) is 0 Å². The van der Waals surface area contributed by atoms with Crippen LogP contribution in [0.5, 0.6) is 11.5 Å².